The van der Waals surface area contributed by atoms with E-state index in [0.717, 1.165) is 11.4 Å². The third kappa shape index (κ3) is 2.66. The fourth-order valence-electron chi connectivity index (χ4n) is 5.59. The van der Waals surface area contributed by atoms with E-state index >= 15 is 0 Å². The summed E-state index contributed by atoms with van der Waals surface area (Å²) in [5, 5.41) is 14.5. The zero-order valence-corrected chi connectivity index (χ0v) is 16.9. The van der Waals surface area contributed by atoms with Crippen molar-refractivity contribution in [1.29, 1.82) is 0 Å². The molecule has 4 aliphatic carbocycles. The standard InChI is InChI=1S/C23H17ClN2O5/c24-17-5-1-10(7-16(17)23(29)30)18-6-2-11(31-18)9-25-26-21(27)19-12-3-4-13(15-8-14(12)15)20(19)22(26)28/h1-7,9,12-15,19-20H,8H2,(H,29,30)/b25-9-/t12-,13-,14-,15+,19-,20+/m0/s1. The maximum Gasteiger partial charge on any atom is 0.337 e. The van der Waals surface area contributed by atoms with Gasteiger partial charge in [-0.2, -0.15) is 10.1 Å². The number of hydrazone groups is 1. The van der Waals surface area contributed by atoms with Crippen LogP contribution in [0, 0.1) is 35.5 Å². The molecule has 2 heterocycles. The van der Waals surface area contributed by atoms with Crippen LogP contribution < -0.4 is 0 Å². The Morgan fingerprint density at radius 1 is 1.10 bits per heavy atom. The lowest BCUT2D eigenvalue weighted by Gasteiger charge is -2.37. The third-order valence-electron chi connectivity index (χ3n) is 7.05. The highest BCUT2D eigenvalue weighted by molar-refractivity contribution is 6.33. The van der Waals surface area contributed by atoms with Crippen LogP contribution in [-0.4, -0.2) is 34.1 Å². The first-order chi connectivity index (χ1) is 14.9. The number of aromatic carboxylic acids is 1. The van der Waals surface area contributed by atoms with Crippen LogP contribution in [0.3, 0.4) is 0 Å². The van der Waals surface area contributed by atoms with Crippen LogP contribution in [0.25, 0.3) is 11.3 Å². The summed E-state index contributed by atoms with van der Waals surface area (Å²) < 4.78 is 5.73. The molecule has 6 atom stereocenters. The van der Waals surface area contributed by atoms with Crippen molar-refractivity contribution in [2.75, 3.05) is 0 Å². The number of halogens is 1. The Labute approximate surface area is 182 Å². The van der Waals surface area contributed by atoms with E-state index in [2.05, 4.69) is 17.3 Å². The highest BCUT2D eigenvalue weighted by Gasteiger charge is 2.67. The van der Waals surface area contributed by atoms with E-state index in [1.165, 1.54) is 18.3 Å². The number of rotatable bonds is 4. The zero-order valence-electron chi connectivity index (χ0n) is 16.1. The lowest BCUT2D eigenvalue weighted by atomic mass is 9.63. The molecule has 1 aliphatic heterocycles. The van der Waals surface area contributed by atoms with Crippen molar-refractivity contribution in [3.63, 3.8) is 0 Å². The van der Waals surface area contributed by atoms with Gasteiger partial charge in [-0.25, -0.2) is 4.79 Å². The smallest absolute Gasteiger partial charge is 0.337 e. The molecule has 7 nitrogen and oxygen atoms in total. The fraction of sp³-hybridized carbons (Fsp3) is 0.304. The van der Waals surface area contributed by atoms with Gasteiger partial charge in [0.2, 0.25) is 0 Å². The number of imide groups is 1. The van der Waals surface area contributed by atoms with Gasteiger partial charge in [0.05, 0.1) is 28.6 Å². The second kappa shape index (κ2) is 6.40. The lowest BCUT2D eigenvalue weighted by molar-refractivity contribution is -0.140. The van der Waals surface area contributed by atoms with Gasteiger partial charge in [-0.3, -0.25) is 9.59 Å². The lowest BCUT2D eigenvalue weighted by Crippen LogP contribution is -2.40. The predicted molar refractivity (Wildman–Crippen MR) is 110 cm³/mol. The zero-order chi connectivity index (χ0) is 21.4. The molecular formula is C23H17ClN2O5. The van der Waals surface area contributed by atoms with E-state index in [0.29, 0.717) is 28.9 Å². The summed E-state index contributed by atoms with van der Waals surface area (Å²) in [5.41, 5.74) is 0.519. The number of hydrogen-bond donors (Lipinski definition) is 1. The van der Waals surface area contributed by atoms with Gasteiger partial charge >= 0.3 is 5.97 Å². The van der Waals surface area contributed by atoms with E-state index in [1.807, 2.05) is 0 Å². The number of nitrogens with zero attached hydrogens (tertiary/aromatic N) is 2. The SMILES string of the molecule is O=C(O)c1cc(-c2ccc(/C=N\N3C(=O)[C@@H]4[C@H]5C=C[C@@H]([C@@H]6C[C@H]56)[C@@H]4C3=O)o2)ccc1Cl. The van der Waals surface area contributed by atoms with Gasteiger partial charge < -0.3 is 9.52 Å². The quantitative estimate of drug-likeness (QED) is 0.447. The van der Waals surface area contributed by atoms with Gasteiger partial charge in [0.25, 0.3) is 11.8 Å². The number of carboxylic acids is 1. The Balaban J connectivity index is 1.24. The van der Waals surface area contributed by atoms with E-state index in [9.17, 15) is 19.5 Å². The Morgan fingerprint density at radius 2 is 1.77 bits per heavy atom. The highest BCUT2D eigenvalue weighted by atomic mass is 35.5. The molecule has 0 unspecified atom stereocenters. The Bertz CT molecular complexity index is 1180. The first-order valence-corrected chi connectivity index (χ1v) is 10.5. The topological polar surface area (TPSA) is 100 Å². The number of allylic oxidation sites excluding steroid dienone is 2. The summed E-state index contributed by atoms with van der Waals surface area (Å²) in [6.07, 6.45) is 6.70. The Morgan fingerprint density at radius 3 is 2.42 bits per heavy atom. The van der Waals surface area contributed by atoms with Gasteiger partial charge in [0, 0.05) is 5.56 Å². The summed E-state index contributed by atoms with van der Waals surface area (Å²) in [4.78, 5) is 37.2. The van der Waals surface area contributed by atoms with Gasteiger partial charge in [-0.1, -0.05) is 23.8 Å². The molecule has 156 valence electrons. The molecule has 1 N–H and O–H groups in total. The highest BCUT2D eigenvalue weighted by Crippen LogP contribution is 2.65. The van der Waals surface area contributed by atoms with E-state index in [4.69, 9.17) is 16.0 Å². The fourth-order valence-corrected chi connectivity index (χ4v) is 5.79. The first kappa shape index (κ1) is 18.6. The molecule has 1 aromatic heterocycles. The average molecular weight is 437 g/mol. The van der Waals surface area contributed by atoms with Crippen molar-refractivity contribution in [2.45, 2.75) is 6.42 Å². The van der Waals surface area contributed by atoms with Crippen molar-refractivity contribution in [3.05, 3.63) is 58.8 Å². The number of furan rings is 1. The summed E-state index contributed by atoms with van der Waals surface area (Å²) in [6.45, 7) is 0. The second-order valence-corrected chi connectivity index (χ2v) is 9.00. The molecule has 3 fully saturated rings. The molecule has 2 amide bonds. The van der Waals surface area contributed by atoms with E-state index < -0.39 is 5.97 Å². The summed E-state index contributed by atoms with van der Waals surface area (Å²) in [6, 6.07) is 7.89. The summed E-state index contributed by atoms with van der Waals surface area (Å²) in [5.74, 6) is -0.0124. The van der Waals surface area contributed by atoms with Gasteiger partial charge in [0.1, 0.15) is 11.5 Å². The van der Waals surface area contributed by atoms with Crippen molar-refractivity contribution in [3.8, 4) is 11.3 Å². The van der Waals surface area contributed by atoms with Crippen molar-refractivity contribution in [1.82, 2.24) is 5.01 Å². The third-order valence-corrected chi connectivity index (χ3v) is 7.38. The summed E-state index contributed by atoms with van der Waals surface area (Å²) >= 11 is 5.92. The minimum absolute atomic E-state index is 0.0251. The first-order valence-electron chi connectivity index (χ1n) is 10.2. The second-order valence-electron chi connectivity index (χ2n) is 8.59. The molecule has 5 aliphatic rings. The van der Waals surface area contributed by atoms with Crippen molar-refractivity contribution in [2.24, 2.45) is 40.6 Å². The number of benzene rings is 1. The molecular weight excluding hydrogens is 420 g/mol. The van der Waals surface area contributed by atoms with Crippen LogP contribution in [0.4, 0.5) is 0 Å². The van der Waals surface area contributed by atoms with Crippen LogP contribution in [0.1, 0.15) is 22.5 Å². The molecule has 31 heavy (non-hydrogen) atoms. The van der Waals surface area contributed by atoms with Crippen LogP contribution in [0.2, 0.25) is 5.02 Å². The van der Waals surface area contributed by atoms with E-state index in [-0.39, 0.29) is 46.1 Å². The van der Waals surface area contributed by atoms with Gasteiger partial charge in [0.15, 0.2) is 0 Å². The van der Waals surface area contributed by atoms with Gasteiger partial charge in [-0.05, 0) is 60.4 Å². The van der Waals surface area contributed by atoms with Crippen LogP contribution in [0.5, 0.6) is 0 Å². The number of carbonyl (C=O) groups excluding carboxylic acids is 2. The van der Waals surface area contributed by atoms with Crippen LogP contribution >= 0.6 is 11.6 Å². The average Bonchev–Trinajstić information content (AvgIpc) is 3.39. The molecule has 0 spiro atoms. The van der Waals surface area contributed by atoms with Crippen molar-refractivity contribution >= 4 is 35.6 Å². The minimum atomic E-state index is -1.13. The predicted octanol–water partition coefficient (Wildman–Crippen LogP) is 3.69. The molecule has 1 aromatic carbocycles. The molecule has 0 radical (unpaired) electrons. The largest absolute Gasteiger partial charge is 0.478 e. The number of amides is 2. The molecule has 8 heteroatoms. The Hall–Kier alpha value is -3.19. The molecule has 2 aromatic rings. The van der Waals surface area contributed by atoms with Gasteiger partial charge in [-0.15, -0.1) is 0 Å². The molecule has 2 bridgehead atoms. The normalized spacial score (nSPS) is 32.6. The maximum absolute atomic E-state index is 12.9. The molecule has 2 saturated carbocycles. The van der Waals surface area contributed by atoms with E-state index in [1.54, 1.807) is 18.2 Å². The monoisotopic (exact) mass is 436 g/mol. The Kier molecular flexibility index (Phi) is 3.84. The van der Waals surface area contributed by atoms with Crippen molar-refractivity contribution < 1.29 is 23.9 Å². The number of carbonyl (C=O) groups is 3. The van der Waals surface area contributed by atoms with Crippen LogP contribution in [-0.2, 0) is 9.59 Å². The maximum atomic E-state index is 12.9. The molecule has 7 rings (SSSR count). The number of carboxylic acid groups (broad SMARTS) is 1. The molecule has 1 saturated heterocycles. The van der Waals surface area contributed by atoms with Crippen LogP contribution in [0.15, 0.2) is 52.0 Å². The summed E-state index contributed by atoms with van der Waals surface area (Å²) in [7, 11) is 0. The minimum Gasteiger partial charge on any atom is -0.478 e. The number of hydrogen-bond acceptors (Lipinski definition) is 5.